The van der Waals surface area contributed by atoms with Crippen molar-refractivity contribution in [3.63, 3.8) is 0 Å². The van der Waals surface area contributed by atoms with Crippen molar-refractivity contribution in [2.45, 2.75) is 19.9 Å². The molecule has 0 aliphatic rings. The van der Waals surface area contributed by atoms with Crippen LogP contribution in [0, 0.1) is 0 Å². The minimum Gasteiger partial charge on any atom is -0.467 e. The lowest BCUT2D eigenvalue weighted by Crippen LogP contribution is -2.28. The molecule has 0 saturated carbocycles. The van der Waals surface area contributed by atoms with E-state index in [0.29, 0.717) is 35.6 Å². The molecule has 8 heteroatoms. The summed E-state index contributed by atoms with van der Waals surface area (Å²) in [5.74, 6) is 0.592. The second kappa shape index (κ2) is 9.04. The number of aryl methyl sites for hydroxylation is 1. The molecule has 0 fully saturated rings. The van der Waals surface area contributed by atoms with Gasteiger partial charge in [0.05, 0.1) is 0 Å². The zero-order valence-electron chi connectivity index (χ0n) is 16.3. The number of carbonyl (C=O) groups excluding carboxylic acids is 1. The maximum absolute atomic E-state index is 12.3. The Morgan fingerprint density at radius 2 is 1.97 bits per heavy atom. The van der Waals surface area contributed by atoms with Gasteiger partial charge in [-0.25, -0.2) is 0 Å². The lowest BCUT2D eigenvalue weighted by atomic mass is 10.1. The summed E-state index contributed by atoms with van der Waals surface area (Å²) < 4.78 is 12.2. The minimum atomic E-state index is -0.252. The number of ether oxygens (including phenoxy) is 1. The van der Waals surface area contributed by atoms with Crippen LogP contribution in [0.1, 0.15) is 18.3 Å². The number of hydrogen-bond donors (Lipinski definition) is 1. The Morgan fingerprint density at radius 3 is 2.73 bits per heavy atom. The lowest BCUT2D eigenvalue weighted by molar-refractivity contribution is -0.123. The van der Waals surface area contributed by atoms with Gasteiger partial charge in [-0.3, -0.25) is 4.79 Å². The van der Waals surface area contributed by atoms with Gasteiger partial charge in [-0.05, 0) is 17.7 Å². The van der Waals surface area contributed by atoms with Crippen LogP contribution in [0.5, 0.6) is 5.88 Å². The van der Waals surface area contributed by atoms with Crippen LogP contribution in [-0.4, -0.2) is 27.6 Å². The second-order valence-electron chi connectivity index (χ2n) is 6.57. The zero-order valence-corrected chi connectivity index (χ0v) is 17.8. The van der Waals surface area contributed by atoms with Gasteiger partial charge in [0.25, 0.3) is 11.6 Å². The van der Waals surface area contributed by atoms with E-state index in [-0.39, 0.29) is 18.4 Å². The first-order chi connectivity index (χ1) is 14.6. The van der Waals surface area contributed by atoms with E-state index in [1.807, 2.05) is 61.5 Å². The van der Waals surface area contributed by atoms with Gasteiger partial charge in [0, 0.05) is 23.0 Å². The van der Waals surface area contributed by atoms with Crippen LogP contribution in [0.4, 0.5) is 0 Å². The fourth-order valence-electron chi connectivity index (χ4n) is 2.95. The van der Waals surface area contributed by atoms with Crippen LogP contribution >= 0.6 is 15.9 Å². The van der Waals surface area contributed by atoms with Crippen molar-refractivity contribution in [1.29, 1.82) is 0 Å². The van der Waals surface area contributed by atoms with Crippen LogP contribution < -0.4 is 10.1 Å². The van der Waals surface area contributed by atoms with E-state index < -0.39 is 0 Å². The molecule has 152 valence electrons. The highest BCUT2D eigenvalue weighted by atomic mass is 79.9. The van der Waals surface area contributed by atoms with Crippen LogP contribution in [0.15, 0.2) is 63.6 Å². The molecule has 0 bridgehead atoms. The Hall–Kier alpha value is -3.26. The Bertz CT molecular complexity index is 1180. The van der Waals surface area contributed by atoms with Crippen molar-refractivity contribution in [3.05, 3.63) is 70.5 Å². The Balaban J connectivity index is 1.54. The summed E-state index contributed by atoms with van der Waals surface area (Å²) in [7, 11) is 0. The van der Waals surface area contributed by atoms with Gasteiger partial charge in [-0.15, -0.1) is 0 Å². The van der Waals surface area contributed by atoms with Crippen molar-refractivity contribution in [1.82, 2.24) is 20.4 Å². The molecule has 4 rings (SSSR count). The van der Waals surface area contributed by atoms with Crippen LogP contribution in [0.25, 0.3) is 22.4 Å². The third-order valence-corrected chi connectivity index (χ3v) is 4.92. The quantitative estimate of drug-likeness (QED) is 0.436. The van der Waals surface area contributed by atoms with E-state index in [4.69, 9.17) is 9.26 Å². The van der Waals surface area contributed by atoms with E-state index in [2.05, 4.69) is 36.4 Å². The van der Waals surface area contributed by atoms with Gasteiger partial charge in [0.2, 0.25) is 5.88 Å². The molecular formula is C22H19BrN4O3. The summed E-state index contributed by atoms with van der Waals surface area (Å²) in [5, 5.41) is 7.55. The molecule has 0 saturated heterocycles. The molecule has 0 aliphatic carbocycles. The van der Waals surface area contributed by atoms with E-state index in [1.165, 1.54) is 0 Å². The van der Waals surface area contributed by atoms with Crippen molar-refractivity contribution >= 4 is 32.9 Å². The van der Waals surface area contributed by atoms with E-state index in [0.717, 1.165) is 15.6 Å². The molecule has 0 spiro atoms. The van der Waals surface area contributed by atoms with E-state index in [9.17, 15) is 4.79 Å². The monoisotopic (exact) mass is 466 g/mol. The number of hydrogen-bond acceptors (Lipinski definition) is 6. The summed E-state index contributed by atoms with van der Waals surface area (Å²) in [6.07, 6.45) is 0.600. The van der Waals surface area contributed by atoms with Gasteiger partial charge in [-0.1, -0.05) is 70.5 Å². The average Bonchev–Trinajstić information content (AvgIpc) is 3.21. The van der Waals surface area contributed by atoms with Gasteiger partial charge < -0.3 is 14.6 Å². The standard InChI is InChI=1S/C22H19BrN4O3/c1-2-17-25-21(29-13-18(28)24-12-14-7-6-10-16(23)11-14)19-20(27-30-22(19)26-17)15-8-4-3-5-9-15/h3-11H,2,12-13H2,1H3,(H,24,28). The highest BCUT2D eigenvalue weighted by molar-refractivity contribution is 9.10. The summed E-state index contributed by atoms with van der Waals surface area (Å²) in [6.45, 7) is 2.16. The number of amides is 1. The minimum absolute atomic E-state index is 0.178. The fraction of sp³-hybridized carbons (Fsp3) is 0.182. The van der Waals surface area contributed by atoms with Crippen LogP contribution in [0.2, 0.25) is 0 Å². The average molecular weight is 467 g/mol. The molecule has 0 atom stereocenters. The number of aromatic nitrogens is 3. The van der Waals surface area contributed by atoms with Gasteiger partial charge >= 0.3 is 0 Å². The highest BCUT2D eigenvalue weighted by Gasteiger charge is 2.20. The largest absolute Gasteiger partial charge is 0.467 e. The summed E-state index contributed by atoms with van der Waals surface area (Å²) in [4.78, 5) is 21.2. The molecule has 30 heavy (non-hydrogen) atoms. The number of nitrogens with one attached hydrogen (secondary N) is 1. The Kier molecular flexibility index (Phi) is 6.04. The molecule has 2 heterocycles. The van der Waals surface area contributed by atoms with Crippen molar-refractivity contribution in [2.24, 2.45) is 0 Å². The predicted octanol–water partition coefficient (Wildman–Crippen LogP) is 4.30. The number of halogens is 1. The molecule has 0 aliphatic heterocycles. The number of nitrogens with zero attached hydrogens (tertiary/aromatic N) is 3. The van der Waals surface area contributed by atoms with E-state index >= 15 is 0 Å². The Morgan fingerprint density at radius 1 is 1.13 bits per heavy atom. The second-order valence-corrected chi connectivity index (χ2v) is 7.49. The van der Waals surface area contributed by atoms with Gasteiger partial charge in [-0.2, -0.15) is 9.97 Å². The Labute approximate surface area is 181 Å². The number of carbonyl (C=O) groups is 1. The first-order valence-corrected chi connectivity index (χ1v) is 10.3. The smallest absolute Gasteiger partial charge is 0.265 e. The maximum atomic E-state index is 12.3. The highest BCUT2D eigenvalue weighted by Crippen LogP contribution is 2.33. The summed E-state index contributed by atoms with van der Waals surface area (Å²) >= 11 is 3.42. The van der Waals surface area contributed by atoms with Crippen LogP contribution in [-0.2, 0) is 17.8 Å². The van der Waals surface area contributed by atoms with Crippen molar-refractivity contribution < 1.29 is 14.1 Å². The molecule has 4 aromatic rings. The van der Waals surface area contributed by atoms with Crippen molar-refractivity contribution in [2.75, 3.05) is 6.61 Å². The summed E-state index contributed by atoms with van der Waals surface area (Å²) in [6, 6.07) is 17.3. The SMILES string of the molecule is CCc1nc(OCC(=O)NCc2cccc(Br)c2)c2c(-c3ccccc3)noc2n1. The molecule has 0 radical (unpaired) electrons. The topological polar surface area (TPSA) is 90.1 Å². The first kappa shape index (κ1) is 20.0. The van der Waals surface area contributed by atoms with Gasteiger partial charge in [0.1, 0.15) is 16.9 Å². The molecule has 0 unspecified atom stereocenters. The number of benzene rings is 2. The number of rotatable bonds is 7. The van der Waals surface area contributed by atoms with Gasteiger partial charge in [0.15, 0.2) is 6.61 Å². The summed E-state index contributed by atoms with van der Waals surface area (Å²) in [5.41, 5.74) is 2.76. The lowest BCUT2D eigenvalue weighted by Gasteiger charge is -2.09. The molecule has 2 aromatic carbocycles. The zero-order chi connectivity index (χ0) is 20.9. The maximum Gasteiger partial charge on any atom is 0.265 e. The third kappa shape index (κ3) is 4.49. The fourth-order valence-corrected chi connectivity index (χ4v) is 3.40. The first-order valence-electron chi connectivity index (χ1n) is 9.49. The molecule has 1 amide bonds. The number of fused-ring (bicyclic) bond motifs is 1. The predicted molar refractivity (Wildman–Crippen MR) is 116 cm³/mol. The molecular weight excluding hydrogens is 448 g/mol. The molecule has 2 aromatic heterocycles. The third-order valence-electron chi connectivity index (χ3n) is 4.43. The van der Waals surface area contributed by atoms with Crippen LogP contribution in [0.3, 0.4) is 0 Å². The molecule has 1 N–H and O–H groups in total. The van der Waals surface area contributed by atoms with E-state index in [1.54, 1.807) is 0 Å². The molecule has 7 nitrogen and oxygen atoms in total. The normalized spacial score (nSPS) is 10.9. The van der Waals surface area contributed by atoms with Crippen molar-refractivity contribution in [3.8, 4) is 17.1 Å².